The Morgan fingerprint density at radius 3 is 2.38 bits per heavy atom. The lowest BCUT2D eigenvalue weighted by molar-refractivity contribution is -0.142. The summed E-state index contributed by atoms with van der Waals surface area (Å²) in [7, 11) is 0. The predicted molar refractivity (Wildman–Crippen MR) is 90.7 cm³/mol. The second-order valence-electron chi connectivity index (χ2n) is 6.55. The van der Waals surface area contributed by atoms with Crippen LogP contribution in [0.5, 0.6) is 0 Å². The zero-order valence-electron chi connectivity index (χ0n) is 13.9. The Kier molecular flexibility index (Phi) is 6.61. The number of carbonyl (C=O) groups excluding carboxylic acids is 1. The lowest BCUT2D eigenvalue weighted by Crippen LogP contribution is -2.50. The number of hydrogen-bond acceptors (Lipinski definition) is 3. The number of carboxylic acids is 1. The van der Waals surface area contributed by atoms with Crippen molar-refractivity contribution >= 4 is 12.0 Å². The second-order valence-corrected chi connectivity index (χ2v) is 6.55. The average Bonchev–Trinajstić information content (AvgIpc) is 2.56. The molecule has 0 aromatic heterocycles. The van der Waals surface area contributed by atoms with Crippen molar-refractivity contribution in [3.05, 3.63) is 35.9 Å². The Morgan fingerprint density at radius 2 is 1.79 bits per heavy atom. The van der Waals surface area contributed by atoms with Crippen molar-refractivity contribution in [3.8, 4) is 0 Å². The number of carbonyl (C=O) groups is 2. The van der Waals surface area contributed by atoms with E-state index in [0.29, 0.717) is 32.1 Å². The fraction of sp³-hybridized carbons (Fsp3) is 0.556. The molecule has 0 radical (unpaired) electrons. The summed E-state index contributed by atoms with van der Waals surface area (Å²) in [6, 6.07) is 8.95. The Balaban J connectivity index is 1.72. The van der Waals surface area contributed by atoms with Gasteiger partial charge in [0.25, 0.3) is 0 Å². The summed E-state index contributed by atoms with van der Waals surface area (Å²) in [5.74, 6) is -1.05. The van der Waals surface area contributed by atoms with Crippen LogP contribution in [0.2, 0.25) is 0 Å². The van der Waals surface area contributed by atoms with Gasteiger partial charge in [-0.25, -0.2) is 4.79 Å². The van der Waals surface area contributed by atoms with E-state index in [1.807, 2.05) is 30.3 Å². The number of aliphatic hydroxyl groups excluding tert-OH is 1. The summed E-state index contributed by atoms with van der Waals surface area (Å²) in [4.78, 5) is 23.0. The molecular formula is C18H26N2O4. The fourth-order valence-electron chi connectivity index (χ4n) is 3.05. The highest BCUT2D eigenvalue weighted by molar-refractivity contribution is 5.74. The highest BCUT2D eigenvalue weighted by Crippen LogP contribution is 2.24. The van der Waals surface area contributed by atoms with E-state index in [1.54, 1.807) is 6.92 Å². The van der Waals surface area contributed by atoms with Crippen molar-refractivity contribution in [1.29, 1.82) is 0 Å². The molecule has 0 saturated heterocycles. The Bertz CT molecular complexity index is 541. The van der Waals surface area contributed by atoms with Crippen LogP contribution in [0.25, 0.3) is 0 Å². The molecule has 1 saturated carbocycles. The number of aliphatic hydroxyl groups is 1. The van der Waals surface area contributed by atoms with Gasteiger partial charge < -0.3 is 20.8 Å². The lowest BCUT2D eigenvalue weighted by atomic mass is 9.86. The Labute approximate surface area is 142 Å². The summed E-state index contributed by atoms with van der Waals surface area (Å²) in [5.41, 5.74) is 1.02. The Hall–Kier alpha value is -2.08. The SMILES string of the molecule is CC(NC(=O)NC1CCC(C(=O)O)CC1)C(O)Cc1ccccc1. The maximum Gasteiger partial charge on any atom is 0.315 e. The normalized spacial score (nSPS) is 23.1. The Morgan fingerprint density at radius 1 is 1.17 bits per heavy atom. The maximum atomic E-state index is 12.0. The fourth-order valence-corrected chi connectivity index (χ4v) is 3.05. The molecular weight excluding hydrogens is 308 g/mol. The van der Waals surface area contributed by atoms with Crippen LogP contribution in [0, 0.1) is 5.92 Å². The molecule has 2 atom stereocenters. The lowest BCUT2D eigenvalue weighted by Gasteiger charge is -2.28. The molecule has 1 fully saturated rings. The van der Waals surface area contributed by atoms with Gasteiger partial charge in [0.1, 0.15) is 0 Å². The first-order valence-electron chi connectivity index (χ1n) is 8.47. The third-order valence-electron chi connectivity index (χ3n) is 4.64. The van der Waals surface area contributed by atoms with E-state index in [4.69, 9.17) is 5.11 Å². The van der Waals surface area contributed by atoms with Crippen LogP contribution in [0.4, 0.5) is 4.79 Å². The number of carboxylic acid groups (broad SMARTS) is 1. The number of benzene rings is 1. The van der Waals surface area contributed by atoms with E-state index in [9.17, 15) is 14.7 Å². The van der Waals surface area contributed by atoms with Gasteiger partial charge in [-0.15, -0.1) is 0 Å². The monoisotopic (exact) mass is 334 g/mol. The van der Waals surface area contributed by atoms with Crippen LogP contribution in [0.3, 0.4) is 0 Å². The number of urea groups is 1. The standard InChI is InChI=1S/C18H26N2O4/c1-12(16(21)11-13-5-3-2-4-6-13)19-18(24)20-15-9-7-14(8-10-15)17(22)23/h2-6,12,14-16,21H,7-11H2,1H3,(H,22,23)(H2,19,20,24). The molecule has 1 aliphatic carbocycles. The minimum absolute atomic E-state index is 0.000865. The van der Waals surface area contributed by atoms with Crippen molar-refractivity contribution in [3.63, 3.8) is 0 Å². The van der Waals surface area contributed by atoms with Gasteiger partial charge in [0, 0.05) is 12.5 Å². The summed E-state index contributed by atoms with van der Waals surface area (Å²) in [6.45, 7) is 1.77. The number of amides is 2. The van der Waals surface area contributed by atoms with Crippen molar-refractivity contribution in [2.24, 2.45) is 5.92 Å². The molecule has 1 aromatic rings. The zero-order valence-corrected chi connectivity index (χ0v) is 13.9. The first-order valence-corrected chi connectivity index (χ1v) is 8.47. The van der Waals surface area contributed by atoms with E-state index in [2.05, 4.69) is 10.6 Å². The van der Waals surface area contributed by atoms with Gasteiger partial charge in [-0.3, -0.25) is 4.79 Å². The van der Waals surface area contributed by atoms with Gasteiger partial charge in [0.05, 0.1) is 18.1 Å². The van der Waals surface area contributed by atoms with Crippen molar-refractivity contribution < 1.29 is 19.8 Å². The number of nitrogens with one attached hydrogen (secondary N) is 2. The average molecular weight is 334 g/mol. The quantitative estimate of drug-likeness (QED) is 0.639. The van der Waals surface area contributed by atoms with Gasteiger partial charge in [-0.2, -0.15) is 0 Å². The minimum Gasteiger partial charge on any atom is -0.481 e. The van der Waals surface area contributed by atoms with Gasteiger partial charge in [0.2, 0.25) is 0 Å². The van der Waals surface area contributed by atoms with E-state index in [1.165, 1.54) is 0 Å². The van der Waals surface area contributed by atoms with Crippen molar-refractivity contribution in [2.45, 2.75) is 57.2 Å². The molecule has 4 N–H and O–H groups in total. The molecule has 6 heteroatoms. The molecule has 0 heterocycles. The summed E-state index contributed by atoms with van der Waals surface area (Å²) in [6.07, 6.45) is 2.34. The van der Waals surface area contributed by atoms with Crippen LogP contribution in [0.15, 0.2) is 30.3 Å². The van der Waals surface area contributed by atoms with Crippen LogP contribution in [0.1, 0.15) is 38.2 Å². The molecule has 6 nitrogen and oxygen atoms in total. The minimum atomic E-state index is -0.754. The highest BCUT2D eigenvalue weighted by Gasteiger charge is 2.27. The highest BCUT2D eigenvalue weighted by atomic mass is 16.4. The van der Waals surface area contributed by atoms with Crippen LogP contribution in [-0.4, -0.2) is 40.4 Å². The maximum absolute atomic E-state index is 12.0. The molecule has 2 amide bonds. The summed E-state index contributed by atoms with van der Waals surface area (Å²) < 4.78 is 0. The van der Waals surface area contributed by atoms with Crippen LogP contribution >= 0.6 is 0 Å². The third-order valence-corrected chi connectivity index (χ3v) is 4.64. The molecule has 0 spiro atoms. The van der Waals surface area contributed by atoms with Crippen molar-refractivity contribution in [1.82, 2.24) is 10.6 Å². The van der Waals surface area contributed by atoms with E-state index in [0.717, 1.165) is 5.56 Å². The van der Waals surface area contributed by atoms with E-state index < -0.39 is 12.1 Å². The van der Waals surface area contributed by atoms with Gasteiger partial charge in [-0.05, 0) is 38.2 Å². The van der Waals surface area contributed by atoms with E-state index >= 15 is 0 Å². The largest absolute Gasteiger partial charge is 0.481 e. The molecule has 0 aliphatic heterocycles. The van der Waals surface area contributed by atoms with E-state index in [-0.39, 0.29) is 24.0 Å². The van der Waals surface area contributed by atoms with Gasteiger partial charge in [0.15, 0.2) is 0 Å². The van der Waals surface area contributed by atoms with Crippen LogP contribution in [-0.2, 0) is 11.2 Å². The topological polar surface area (TPSA) is 98.7 Å². The molecule has 2 rings (SSSR count). The smallest absolute Gasteiger partial charge is 0.315 e. The van der Waals surface area contributed by atoms with Crippen LogP contribution < -0.4 is 10.6 Å². The number of rotatable bonds is 6. The summed E-state index contributed by atoms with van der Waals surface area (Å²) in [5, 5.41) is 24.8. The second kappa shape index (κ2) is 8.68. The molecule has 1 aromatic carbocycles. The zero-order chi connectivity index (χ0) is 17.5. The molecule has 1 aliphatic rings. The third kappa shape index (κ3) is 5.53. The van der Waals surface area contributed by atoms with Crippen molar-refractivity contribution in [2.75, 3.05) is 0 Å². The molecule has 0 bridgehead atoms. The number of aliphatic carboxylic acids is 1. The molecule has 132 valence electrons. The van der Waals surface area contributed by atoms with Gasteiger partial charge >= 0.3 is 12.0 Å². The van der Waals surface area contributed by atoms with Gasteiger partial charge in [-0.1, -0.05) is 30.3 Å². The first kappa shape index (κ1) is 18.3. The molecule has 2 unspecified atom stereocenters. The predicted octanol–water partition coefficient (Wildman–Crippen LogP) is 1.92. The molecule has 24 heavy (non-hydrogen) atoms. The number of hydrogen-bond donors (Lipinski definition) is 4. The first-order chi connectivity index (χ1) is 11.5. The summed E-state index contributed by atoms with van der Waals surface area (Å²) >= 11 is 0.